The summed E-state index contributed by atoms with van der Waals surface area (Å²) in [5.41, 5.74) is 0.535. The van der Waals surface area contributed by atoms with Crippen LogP contribution in [-0.2, 0) is 0 Å². The molecule has 2 rings (SSSR count). The van der Waals surface area contributed by atoms with Crippen molar-refractivity contribution in [1.29, 1.82) is 0 Å². The van der Waals surface area contributed by atoms with Crippen LogP contribution in [0, 0.1) is 5.82 Å². The molecule has 0 amide bonds. The number of carboxylic acids is 1. The predicted molar refractivity (Wildman–Crippen MR) is 68.6 cm³/mol. The molecule has 1 aromatic carbocycles. The summed E-state index contributed by atoms with van der Waals surface area (Å²) in [6.45, 7) is 2.95. The quantitative estimate of drug-likeness (QED) is 0.896. The Bertz CT molecular complexity index is 447. The first-order valence-corrected chi connectivity index (χ1v) is 6.43. The Balaban J connectivity index is 2.29. The van der Waals surface area contributed by atoms with E-state index < -0.39 is 11.8 Å². The number of anilines is 1. The number of rotatable bonds is 3. The third-order valence-corrected chi connectivity index (χ3v) is 3.60. The normalized spacial score (nSPS) is 19.9. The predicted octanol–water partition coefficient (Wildman–Crippen LogP) is 3.29. The van der Waals surface area contributed by atoms with Crippen molar-refractivity contribution in [3.8, 4) is 0 Å². The average Bonchev–Trinajstić information content (AvgIpc) is 2.38. The van der Waals surface area contributed by atoms with Crippen molar-refractivity contribution in [3.63, 3.8) is 0 Å². The Kier molecular flexibility index (Phi) is 3.84. The molecule has 1 aromatic rings. The van der Waals surface area contributed by atoms with Gasteiger partial charge in [-0.3, -0.25) is 0 Å². The van der Waals surface area contributed by atoms with Gasteiger partial charge in [-0.1, -0.05) is 6.92 Å². The standard InChI is InChI=1S/C14H18FNO2/c1-2-11-5-3-4-8-16(11)13-7-6-10(14(17)18)9-12(13)15/h6-7,9,11H,2-5,8H2,1H3,(H,17,18). The highest BCUT2D eigenvalue weighted by Gasteiger charge is 2.23. The number of hydrogen-bond donors (Lipinski definition) is 1. The molecule has 1 unspecified atom stereocenters. The van der Waals surface area contributed by atoms with Gasteiger partial charge in [0.2, 0.25) is 0 Å². The number of piperidine rings is 1. The second kappa shape index (κ2) is 5.38. The number of carboxylic acid groups (broad SMARTS) is 1. The SMILES string of the molecule is CCC1CCCCN1c1ccc(C(=O)O)cc1F. The lowest BCUT2D eigenvalue weighted by Gasteiger charge is -2.37. The fourth-order valence-electron chi connectivity index (χ4n) is 2.62. The number of carbonyl (C=O) groups is 1. The van der Waals surface area contributed by atoms with Crippen LogP contribution in [0.3, 0.4) is 0 Å². The highest BCUT2D eigenvalue weighted by Crippen LogP contribution is 2.29. The van der Waals surface area contributed by atoms with E-state index in [1.165, 1.54) is 12.5 Å². The van der Waals surface area contributed by atoms with Crippen molar-refractivity contribution in [2.24, 2.45) is 0 Å². The first-order chi connectivity index (χ1) is 8.63. The number of benzene rings is 1. The van der Waals surface area contributed by atoms with Gasteiger partial charge in [-0.25, -0.2) is 9.18 Å². The van der Waals surface area contributed by atoms with E-state index in [4.69, 9.17) is 5.11 Å². The summed E-state index contributed by atoms with van der Waals surface area (Å²) < 4.78 is 14.0. The van der Waals surface area contributed by atoms with E-state index in [-0.39, 0.29) is 5.56 Å². The molecule has 1 N–H and O–H groups in total. The van der Waals surface area contributed by atoms with Gasteiger partial charge in [-0.05, 0) is 43.9 Å². The average molecular weight is 251 g/mol. The smallest absolute Gasteiger partial charge is 0.335 e. The molecule has 0 bridgehead atoms. The van der Waals surface area contributed by atoms with Gasteiger partial charge in [0.05, 0.1) is 11.3 Å². The summed E-state index contributed by atoms with van der Waals surface area (Å²) in [6, 6.07) is 4.54. The van der Waals surface area contributed by atoms with Gasteiger partial charge in [-0.2, -0.15) is 0 Å². The van der Waals surface area contributed by atoms with Crippen molar-refractivity contribution in [1.82, 2.24) is 0 Å². The molecule has 1 aliphatic heterocycles. The molecular weight excluding hydrogens is 233 g/mol. The highest BCUT2D eigenvalue weighted by atomic mass is 19.1. The molecule has 0 aromatic heterocycles. The van der Waals surface area contributed by atoms with Crippen LogP contribution in [-0.4, -0.2) is 23.7 Å². The van der Waals surface area contributed by atoms with E-state index in [1.807, 2.05) is 0 Å². The van der Waals surface area contributed by atoms with E-state index in [0.29, 0.717) is 11.7 Å². The van der Waals surface area contributed by atoms with Crippen LogP contribution in [0.2, 0.25) is 0 Å². The molecule has 3 nitrogen and oxygen atoms in total. The topological polar surface area (TPSA) is 40.5 Å². The van der Waals surface area contributed by atoms with Gasteiger partial charge in [0, 0.05) is 12.6 Å². The van der Waals surface area contributed by atoms with Gasteiger partial charge in [0.1, 0.15) is 5.82 Å². The zero-order chi connectivity index (χ0) is 13.1. The van der Waals surface area contributed by atoms with Crippen molar-refractivity contribution < 1.29 is 14.3 Å². The van der Waals surface area contributed by atoms with E-state index in [2.05, 4.69) is 11.8 Å². The van der Waals surface area contributed by atoms with Crippen LogP contribution >= 0.6 is 0 Å². The summed E-state index contributed by atoms with van der Waals surface area (Å²) in [4.78, 5) is 12.9. The summed E-state index contributed by atoms with van der Waals surface area (Å²) in [5.74, 6) is -1.53. The van der Waals surface area contributed by atoms with Crippen molar-refractivity contribution in [2.75, 3.05) is 11.4 Å². The van der Waals surface area contributed by atoms with Crippen LogP contribution in [0.15, 0.2) is 18.2 Å². The summed E-state index contributed by atoms with van der Waals surface area (Å²) >= 11 is 0. The Hall–Kier alpha value is -1.58. The van der Waals surface area contributed by atoms with Gasteiger partial charge in [-0.15, -0.1) is 0 Å². The molecular formula is C14H18FNO2. The van der Waals surface area contributed by atoms with E-state index in [1.54, 1.807) is 6.07 Å². The number of aromatic carboxylic acids is 1. The minimum atomic E-state index is -1.09. The fraction of sp³-hybridized carbons (Fsp3) is 0.500. The molecule has 0 saturated carbocycles. The first-order valence-electron chi connectivity index (χ1n) is 6.43. The molecule has 1 fully saturated rings. The summed E-state index contributed by atoms with van der Waals surface area (Å²) in [6.07, 6.45) is 4.32. The molecule has 1 aliphatic rings. The number of hydrogen-bond acceptors (Lipinski definition) is 2. The van der Waals surface area contributed by atoms with Crippen molar-refractivity contribution in [3.05, 3.63) is 29.6 Å². The lowest BCUT2D eigenvalue weighted by molar-refractivity contribution is 0.0696. The van der Waals surface area contributed by atoms with Crippen LogP contribution in [0.4, 0.5) is 10.1 Å². The van der Waals surface area contributed by atoms with Gasteiger partial charge < -0.3 is 10.0 Å². The minimum absolute atomic E-state index is 0.00121. The maximum Gasteiger partial charge on any atom is 0.335 e. The molecule has 0 aliphatic carbocycles. The molecule has 18 heavy (non-hydrogen) atoms. The van der Waals surface area contributed by atoms with Crippen LogP contribution in [0.5, 0.6) is 0 Å². The zero-order valence-electron chi connectivity index (χ0n) is 10.5. The maximum absolute atomic E-state index is 14.0. The molecule has 4 heteroatoms. The van der Waals surface area contributed by atoms with Crippen LogP contribution < -0.4 is 4.90 Å². The molecule has 1 saturated heterocycles. The Morgan fingerprint density at radius 2 is 2.28 bits per heavy atom. The first kappa shape index (κ1) is 12.9. The third kappa shape index (κ3) is 2.47. The van der Waals surface area contributed by atoms with Crippen LogP contribution in [0.25, 0.3) is 0 Å². The van der Waals surface area contributed by atoms with Crippen molar-refractivity contribution in [2.45, 2.75) is 38.6 Å². The Morgan fingerprint density at radius 1 is 1.50 bits per heavy atom. The number of nitrogens with zero attached hydrogens (tertiary/aromatic N) is 1. The lowest BCUT2D eigenvalue weighted by Crippen LogP contribution is -2.39. The largest absolute Gasteiger partial charge is 0.478 e. The lowest BCUT2D eigenvalue weighted by atomic mass is 9.99. The second-order valence-corrected chi connectivity index (χ2v) is 4.72. The maximum atomic E-state index is 14.0. The van der Waals surface area contributed by atoms with Gasteiger partial charge in [0.15, 0.2) is 0 Å². The molecule has 0 radical (unpaired) electrons. The van der Waals surface area contributed by atoms with Crippen LogP contribution in [0.1, 0.15) is 43.0 Å². The number of halogens is 1. The molecule has 98 valence electrons. The molecule has 1 atom stereocenters. The van der Waals surface area contributed by atoms with E-state index in [9.17, 15) is 9.18 Å². The van der Waals surface area contributed by atoms with Gasteiger partial charge >= 0.3 is 5.97 Å². The Morgan fingerprint density at radius 3 is 2.89 bits per heavy atom. The molecule has 1 heterocycles. The van der Waals surface area contributed by atoms with Crippen molar-refractivity contribution >= 4 is 11.7 Å². The Labute approximate surface area is 106 Å². The second-order valence-electron chi connectivity index (χ2n) is 4.72. The van der Waals surface area contributed by atoms with Gasteiger partial charge in [0.25, 0.3) is 0 Å². The van der Waals surface area contributed by atoms with E-state index >= 15 is 0 Å². The molecule has 0 spiro atoms. The fourth-order valence-corrected chi connectivity index (χ4v) is 2.62. The summed E-state index contributed by atoms with van der Waals surface area (Å²) in [5, 5.41) is 8.83. The monoisotopic (exact) mass is 251 g/mol. The highest BCUT2D eigenvalue weighted by molar-refractivity contribution is 5.88. The minimum Gasteiger partial charge on any atom is -0.478 e. The third-order valence-electron chi connectivity index (χ3n) is 3.60. The zero-order valence-corrected chi connectivity index (χ0v) is 10.5. The van der Waals surface area contributed by atoms with E-state index in [0.717, 1.165) is 31.9 Å². The summed E-state index contributed by atoms with van der Waals surface area (Å²) in [7, 11) is 0.